The highest BCUT2D eigenvalue weighted by atomic mass is 16.1. The van der Waals surface area contributed by atoms with Gasteiger partial charge in [-0.15, -0.1) is 0 Å². The third-order valence-electron chi connectivity index (χ3n) is 2.79. The molecule has 90 valence electrons. The average molecular weight is 239 g/mol. The zero-order valence-corrected chi connectivity index (χ0v) is 10.6. The lowest BCUT2D eigenvalue weighted by Gasteiger charge is -2.12. The number of nitrogens with zero attached hydrogens (tertiary/aromatic N) is 3. The first-order chi connectivity index (χ1) is 8.52. The van der Waals surface area contributed by atoms with E-state index < -0.39 is 0 Å². The van der Waals surface area contributed by atoms with Gasteiger partial charge in [0.05, 0.1) is 5.69 Å². The Morgan fingerprint density at radius 3 is 2.56 bits per heavy atom. The highest BCUT2D eigenvalue weighted by molar-refractivity contribution is 5.43. The molecule has 0 amide bonds. The summed E-state index contributed by atoms with van der Waals surface area (Å²) in [4.78, 5) is 11.5. The number of benzene rings is 1. The lowest BCUT2D eigenvalue weighted by Crippen LogP contribution is -2.17. The number of aromatic nitrogens is 2. The summed E-state index contributed by atoms with van der Waals surface area (Å²) in [6.45, 7) is 5.80. The van der Waals surface area contributed by atoms with E-state index in [0.29, 0.717) is 5.69 Å². The lowest BCUT2D eigenvalue weighted by molar-refractivity contribution is 0.785. The Balaban J connectivity index is 2.72. The van der Waals surface area contributed by atoms with Gasteiger partial charge in [-0.05, 0) is 32.4 Å². The molecule has 0 saturated carbocycles. The normalized spacial score (nSPS) is 10.1. The van der Waals surface area contributed by atoms with E-state index in [1.165, 1.54) is 6.07 Å². The number of hydrogen-bond acceptors (Lipinski definition) is 3. The van der Waals surface area contributed by atoms with E-state index in [2.05, 4.69) is 5.10 Å². The van der Waals surface area contributed by atoms with Crippen molar-refractivity contribution in [1.29, 1.82) is 5.26 Å². The Bertz CT molecular complexity index is 708. The van der Waals surface area contributed by atoms with Gasteiger partial charge in [0.1, 0.15) is 6.07 Å². The quantitative estimate of drug-likeness (QED) is 0.765. The van der Waals surface area contributed by atoms with Crippen molar-refractivity contribution in [3.05, 3.63) is 57.0 Å². The molecule has 0 saturated heterocycles. The average Bonchev–Trinajstić information content (AvgIpc) is 2.30. The molecule has 4 heteroatoms. The summed E-state index contributed by atoms with van der Waals surface area (Å²) < 4.78 is 1.63. The van der Waals surface area contributed by atoms with Crippen LogP contribution in [0.3, 0.4) is 0 Å². The van der Waals surface area contributed by atoms with Crippen molar-refractivity contribution in [3.8, 4) is 11.8 Å². The predicted octanol–water partition coefficient (Wildman–Crippen LogP) is 2.03. The van der Waals surface area contributed by atoms with E-state index in [4.69, 9.17) is 5.26 Å². The molecule has 2 rings (SSSR count). The van der Waals surface area contributed by atoms with Gasteiger partial charge in [-0.1, -0.05) is 17.7 Å². The van der Waals surface area contributed by atoms with E-state index >= 15 is 0 Å². The standard InChI is InChI=1S/C14H13N3O/c1-9-4-5-13(10(2)6-9)17-11(3)7-14(18)12(8-15)16-17/h4-7H,1-3H3. The Morgan fingerprint density at radius 1 is 1.22 bits per heavy atom. The third kappa shape index (κ3) is 2.03. The molecule has 0 unspecified atom stereocenters. The van der Waals surface area contributed by atoms with Gasteiger partial charge >= 0.3 is 0 Å². The van der Waals surface area contributed by atoms with E-state index in [-0.39, 0.29) is 11.1 Å². The van der Waals surface area contributed by atoms with Crippen LogP contribution in [-0.4, -0.2) is 9.78 Å². The van der Waals surface area contributed by atoms with Crippen LogP contribution in [0.15, 0.2) is 29.1 Å². The first-order valence-electron chi connectivity index (χ1n) is 5.61. The maximum atomic E-state index is 11.5. The van der Waals surface area contributed by atoms with Crippen LogP contribution in [-0.2, 0) is 0 Å². The molecule has 0 aliphatic heterocycles. The fourth-order valence-corrected chi connectivity index (χ4v) is 1.91. The second-order valence-electron chi connectivity index (χ2n) is 4.31. The van der Waals surface area contributed by atoms with E-state index in [9.17, 15) is 4.79 Å². The van der Waals surface area contributed by atoms with Crippen molar-refractivity contribution in [2.75, 3.05) is 0 Å². The smallest absolute Gasteiger partial charge is 0.218 e. The van der Waals surface area contributed by atoms with Gasteiger partial charge in [-0.3, -0.25) is 4.79 Å². The molecule has 0 aliphatic rings. The molecule has 0 N–H and O–H groups in total. The Hall–Kier alpha value is -2.41. The van der Waals surface area contributed by atoms with E-state index in [1.807, 2.05) is 38.1 Å². The van der Waals surface area contributed by atoms with Crippen molar-refractivity contribution < 1.29 is 0 Å². The molecule has 18 heavy (non-hydrogen) atoms. The Morgan fingerprint density at radius 2 is 1.94 bits per heavy atom. The Kier molecular flexibility index (Phi) is 2.99. The van der Waals surface area contributed by atoms with Crippen molar-refractivity contribution >= 4 is 0 Å². The van der Waals surface area contributed by atoms with Crippen LogP contribution in [0.25, 0.3) is 5.69 Å². The molecule has 0 fully saturated rings. The molecule has 1 heterocycles. The maximum absolute atomic E-state index is 11.5. The fourth-order valence-electron chi connectivity index (χ4n) is 1.91. The van der Waals surface area contributed by atoms with Gasteiger partial charge in [0.25, 0.3) is 0 Å². The molecule has 0 spiro atoms. The summed E-state index contributed by atoms with van der Waals surface area (Å²) in [7, 11) is 0. The van der Waals surface area contributed by atoms with Gasteiger partial charge < -0.3 is 0 Å². The largest absolute Gasteiger partial charge is 0.287 e. The molecule has 1 aromatic carbocycles. The lowest BCUT2D eigenvalue weighted by atomic mass is 10.1. The van der Waals surface area contributed by atoms with Gasteiger partial charge in [-0.25, -0.2) is 4.68 Å². The highest BCUT2D eigenvalue weighted by Crippen LogP contribution is 2.15. The zero-order valence-electron chi connectivity index (χ0n) is 10.6. The fraction of sp³-hybridized carbons (Fsp3) is 0.214. The summed E-state index contributed by atoms with van der Waals surface area (Å²) >= 11 is 0. The number of hydrogen-bond donors (Lipinski definition) is 0. The van der Waals surface area contributed by atoms with Crippen LogP contribution in [0.1, 0.15) is 22.5 Å². The van der Waals surface area contributed by atoms with Gasteiger partial charge in [-0.2, -0.15) is 10.4 Å². The maximum Gasteiger partial charge on any atom is 0.218 e. The summed E-state index contributed by atoms with van der Waals surface area (Å²) in [5, 5.41) is 13.0. The van der Waals surface area contributed by atoms with Crippen molar-refractivity contribution in [2.24, 2.45) is 0 Å². The Labute approximate surface area is 105 Å². The predicted molar refractivity (Wildman–Crippen MR) is 68.8 cm³/mol. The topological polar surface area (TPSA) is 58.7 Å². The van der Waals surface area contributed by atoms with Crippen LogP contribution in [0.2, 0.25) is 0 Å². The van der Waals surface area contributed by atoms with Crippen molar-refractivity contribution in [1.82, 2.24) is 9.78 Å². The van der Waals surface area contributed by atoms with E-state index in [1.54, 1.807) is 11.6 Å². The molecule has 2 aromatic rings. The molecular weight excluding hydrogens is 226 g/mol. The van der Waals surface area contributed by atoms with Crippen LogP contribution < -0.4 is 5.43 Å². The van der Waals surface area contributed by atoms with E-state index in [0.717, 1.165) is 16.8 Å². The molecule has 0 bridgehead atoms. The minimum Gasteiger partial charge on any atom is -0.287 e. The monoisotopic (exact) mass is 239 g/mol. The second-order valence-corrected chi connectivity index (χ2v) is 4.31. The number of rotatable bonds is 1. The molecule has 0 aliphatic carbocycles. The SMILES string of the molecule is Cc1ccc(-n2nc(C#N)c(=O)cc2C)c(C)c1. The highest BCUT2D eigenvalue weighted by Gasteiger charge is 2.08. The summed E-state index contributed by atoms with van der Waals surface area (Å²) in [5.41, 5.74) is 3.39. The minimum atomic E-state index is -0.337. The zero-order chi connectivity index (χ0) is 13.3. The van der Waals surface area contributed by atoms with Crippen molar-refractivity contribution in [3.63, 3.8) is 0 Å². The van der Waals surface area contributed by atoms with Crippen LogP contribution in [0.5, 0.6) is 0 Å². The minimum absolute atomic E-state index is 0.0828. The van der Waals surface area contributed by atoms with Crippen LogP contribution in [0.4, 0.5) is 0 Å². The molecule has 0 atom stereocenters. The van der Waals surface area contributed by atoms with Crippen LogP contribution >= 0.6 is 0 Å². The number of aryl methyl sites for hydroxylation is 3. The second kappa shape index (κ2) is 4.46. The van der Waals surface area contributed by atoms with Gasteiger partial charge in [0, 0.05) is 11.8 Å². The van der Waals surface area contributed by atoms with Crippen molar-refractivity contribution in [2.45, 2.75) is 20.8 Å². The molecule has 4 nitrogen and oxygen atoms in total. The number of nitriles is 1. The third-order valence-corrected chi connectivity index (χ3v) is 2.79. The van der Waals surface area contributed by atoms with Crippen LogP contribution in [0, 0.1) is 32.1 Å². The van der Waals surface area contributed by atoms with Gasteiger partial charge in [0.15, 0.2) is 0 Å². The summed E-state index contributed by atoms with van der Waals surface area (Å²) in [6, 6.07) is 9.22. The summed E-state index contributed by atoms with van der Waals surface area (Å²) in [6.07, 6.45) is 0. The first-order valence-corrected chi connectivity index (χ1v) is 5.61. The first kappa shape index (κ1) is 12.1. The molecule has 1 aromatic heterocycles. The molecule has 0 radical (unpaired) electrons. The molecular formula is C14H13N3O. The summed E-state index contributed by atoms with van der Waals surface area (Å²) in [5.74, 6) is 0. The van der Waals surface area contributed by atoms with Gasteiger partial charge in [0.2, 0.25) is 11.1 Å².